The maximum Gasteiger partial charge on any atom is 0.573 e. The molecule has 0 bridgehead atoms. The lowest BCUT2D eigenvalue weighted by atomic mass is 9.94. The van der Waals surface area contributed by atoms with E-state index in [4.69, 9.17) is 0 Å². The number of nitrogens with zero attached hydrogens (tertiary/aromatic N) is 3. The lowest BCUT2D eigenvalue weighted by molar-refractivity contribution is -0.274. The van der Waals surface area contributed by atoms with E-state index in [1.165, 1.54) is 18.2 Å². The monoisotopic (exact) mass is 390 g/mol. The topological polar surface area (TPSA) is 50.3 Å². The number of aromatic nitrogens is 2. The van der Waals surface area contributed by atoms with Gasteiger partial charge in [-0.25, -0.2) is 9.97 Å². The number of likely N-dealkylation sites (N-methyl/N-ethyl adjacent to an activating group) is 1. The number of alkyl halides is 3. The van der Waals surface area contributed by atoms with Gasteiger partial charge >= 0.3 is 6.36 Å². The molecule has 148 valence electrons. The Hall–Kier alpha value is -2.61. The summed E-state index contributed by atoms with van der Waals surface area (Å²) in [5.74, 6) is 0.368. The first-order chi connectivity index (χ1) is 13.3. The second kappa shape index (κ2) is 6.77. The summed E-state index contributed by atoms with van der Waals surface area (Å²) in [6.45, 7) is 5.18. The van der Waals surface area contributed by atoms with Crippen molar-refractivity contribution in [3.63, 3.8) is 0 Å². The van der Waals surface area contributed by atoms with Gasteiger partial charge in [-0.2, -0.15) is 0 Å². The molecule has 1 N–H and O–H groups in total. The second-order valence-electron chi connectivity index (χ2n) is 7.31. The Morgan fingerprint density at radius 1 is 1.29 bits per heavy atom. The highest BCUT2D eigenvalue weighted by atomic mass is 19.4. The van der Waals surface area contributed by atoms with Crippen LogP contribution in [0.4, 0.5) is 13.2 Å². The van der Waals surface area contributed by atoms with E-state index in [2.05, 4.69) is 31.5 Å². The molecule has 28 heavy (non-hydrogen) atoms. The van der Waals surface area contributed by atoms with Crippen molar-refractivity contribution in [3.05, 3.63) is 54.6 Å². The molecule has 4 rings (SSSR count). The van der Waals surface area contributed by atoms with Crippen molar-refractivity contribution in [1.82, 2.24) is 20.2 Å². The van der Waals surface area contributed by atoms with Crippen LogP contribution >= 0.6 is 0 Å². The molecule has 0 aliphatic carbocycles. The van der Waals surface area contributed by atoms with Crippen LogP contribution in [0, 0.1) is 0 Å². The lowest BCUT2D eigenvalue weighted by Gasteiger charge is -2.27. The molecule has 2 aliphatic rings. The third-order valence-electron chi connectivity index (χ3n) is 5.55. The Labute approximate surface area is 161 Å². The first-order valence-electron chi connectivity index (χ1n) is 9.13. The predicted octanol–water partition coefficient (Wildman–Crippen LogP) is 4.05. The third kappa shape index (κ3) is 3.56. The van der Waals surface area contributed by atoms with Crippen molar-refractivity contribution < 1.29 is 17.9 Å². The third-order valence-corrected chi connectivity index (χ3v) is 5.55. The van der Waals surface area contributed by atoms with Crippen LogP contribution in [0.25, 0.3) is 11.3 Å². The summed E-state index contributed by atoms with van der Waals surface area (Å²) in [5, 5.41) is 3.64. The average molecular weight is 390 g/mol. The van der Waals surface area contributed by atoms with Crippen molar-refractivity contribution in [1.29, 1.82) is 0 Å². The summed E-state index contributed by atoms with van der Waals surface area (Å²) < 4.78 is 41.5. The summed E-state index contributed by atoms with van der Waals surface area (Å²) >= 11 is 0. The SMILES string of the molecule is C=C1N(C)CC[C@]12CC[C@H](c1nccc(-c3cccc(OC(F)(F)F)c3)n1)N2. The maximum absolute atomic E-state index is 12.5. The fraction of sp³-hybridized carbons (Fsp3) is 0.400. The van der Waals surface area contributed by atoms with Crippen LogP contribution in [0.5, 0.6) is 5.75 Å². The summed E-state index contributed by atoms with van der Waals surface area (Å²) in [6.07, 6.45) is -0.252. The molecular weight excluding hydrogens is 369 g/mol. The van der Waals surface area contributed by atoms with Gasteiger partial charge in [0.05, 0.1) is 17.3 Å². The first-order valence-corrected chi connectivity index (χ1v) is 9.13. The minimum Gasteiger partial charge on any atom is -0.406 e. The minimum atomic E-state index is -4.73. The van der Waals surface area contributed by atoms with Gasteiger partial charge in [0.1, 0.15) is 11.6 Å². The van der Waals surface area contributed by atoms with Crippen LogP contribution in [-0.2, 0) is 0 Å². The van der Waals surface area contributed by atoms with Crippen molar-refractivity contribution in [2.24, 2.45) is 0 Å². The lowest BCUT2D eigenvalue weighted by Crippen LogP contribution is -2.40. The van der Waals surface area contributed by atoms with Crippen LogP contribution in [-0.4, -0.2) is 40.4 Å². The molecule has 0 radical (unpaired) electrons. The van der Waals surface area contributed by atoms with Gasteiger partial charge in [0.25, 0.3) is 0 Å². The van der Waals surface area contributed by atoms with Gasteiger partial charge < -0.3 is 9.64 Å². The van der Waals surface area contributed by atoms with E-state index in [9.17, 15) is 13.2 Å². The molecule has 5 nitrogen and oxygen atoms in total. The normalized spacial score (nSPS) is 24.9. The summed E-state index contributed by atoms with van der Waals surface area (Å²) in [5.41, 5.74) is 2.08. The maximum atomic E-state index is 12.5. The molecule has 2 fully saturated rings. The number of ether oxygens (including phenoxy) is 1. The second-order valence-corrected chi connectivity index (χ2v) is 7.31. The molecule has 1 aromatic carbocycles. The molecule has 8 heteroatoms. The van der Waals surface area contributed by atoms with Gasteiger partial charge in [0, 0.05) is 31.0 Å². The number of rotatable bonds is 3. The highest BCUT2D eigenvalue weighted by Crippen LogP contribution is 2.42. The number of nitrogens with one attached hydrogen (secondary N) is 1. The molecule has 2 aromatic rings. The van der Waals surface area contributed by atoms with E-state index in [1.807, 2.05) is 7.05 Å². The molecule has 2 saturated heterocycles. The molecule has 0 amide bonds. The first kappa shape index (κ1) is 18.7. The molecule has 0 saturated carbocycles. The van der Waals surface area contributed by atoms with Crippen molar-refractivity contribution in [2.45, 2.75) is 37.2 Å². The Balaban J connectivity index is 1.56. The van der Waals surface area contributed by atoms with Gasteiger partial charge in [-0.05, 0) is 37.5 Å². The zero-order chi connectivity index (χ0) is 19.9. The van der Waals surface area contributed by atoms with Crippen LogP contribution in [0.2, 0.25) is 0 Å². The van der Waals surface area contributed by atoms with E-state index < -0.39 is 6.36 Å². The Bertz CT molecular complexity index is 901. The Kier molecular flexibility index (Phi) is 4.53. The summed E-state index contributed by atoms with van der Waals surface area (Å²) in [6, 6.07) is 7.48. The van der Waals surface area contributed by atoms with Crippen molar-refractivity contribution >= 4 is 0 Å². The molecule has 3 heterocycles. The molecule has 2 atom stereocenters. The smallest absolute Gasteiger partial charge is 0.406 e. The van der Waals surface area contributed by atoms with Crippen molar-refractivity contribution in [2.75, 3.05) is 13.6 Å². The Morgan fingerprint density at radius 3 is 2.82 bits per heavy atom. The van der Waals surface area contributed by atoms with E-state index >= 15 is 0 Å². The average Bonchev–Trinajstić information content (AvgIpc) is 3.21. The number of hydrogen-bond donors (Lipinski definition) is 1. The van der Waals surface area contributed by atoms with Crippen LogP contribution < -0.4 is 10.1 Å². The highest BCUT2D eigenvalue weighted by Gasteiger charge is 2.46. The van der Waals surface area contributed by atoms with Gasteiger partial charge in [-0.1, -0.05) is 18.7 Å². The van der Waals surface area contributed by atoms with E-state index in [0.29, 0.717) is 17.1 Å². The molecule has 1 spiro atoms. The van der Waals surface area contributed by atoms with Gasteiger partial charge in [0.15, 0.2) is 0 Å². The minimum absolute atomic E-state index is 0.0159. The van der Waals surface area contributed by atoms with E-state index in [-0.39, 0.29) is 17.3 Å². The highest BCUT2D eigenvalue weighted by molar-refractivity contribution is 5.60. The number of halogens is 3. The summed E-state index contributed by atoms with van der Waals surface area (Å²) in [7, 11) is 2.04. The number of hydrogen-bond acceptors (Lipinski definition) is 5. The van der Waals surface area contributed by atoms with Gasteiger partial charge in [0.2, 0.25) is 0 Å². The summed E-state index contributed by atoms with van der Waals surface area (Å²) in [4.78, 5) is 11.2. The largest absolute Gasteiger partial charge is 0.573 e. The fourth-order valence-electron chi connectivity index (χ4n) is 4.05. The predicted molar refractivity (Wildman–Crippen MR) is 98.4 cm³/mol. The van der Waals surface area contributed by atoms with Gasteiger partial charge in [-0.3, -0.25) is 5.32 Å². The fourth-order valence-corrected chi connectivity index (χ4v) is 4.05. The Morgan fingerprint density at radius 2 is 2.11 bits per heavy atom. The van der Waals surface area contributed by atoms with Gasteiger partial charge in [-0.15, -0.1) is 13.2 Å². The van der Waals surface area contributed by atoms with E-state index in [0.717, 1.165) is 31.5 Å². The molecule has 1 aromatic heterocycles. The zero-order valence-electron chi connectivity index (χ0n) is 15.5. The number of likely N-dealkylation sites (tertiary alicyclic amines) is 1. The van der Waals surface area contributed by atoms with Crippen LogP contribution in [0.3, 0.4) is 0 Å². The van der Waals surface area contributed by atoms with E-state index in [1.54, 1.807) is 18.3 Å². The standard InChI is InChI=1S/C20H21F3N4O/c1-13-19(9-11-27(13)2)8-6-17(26-19)18-24-10-7-16(25-18)14-4-3-5-15(12-14)28-20(21,22)23/h3-5,7,10,12,17,26H,1,6,8-9,11H2,2H3/t17-,19-/m1/s1. The molecular formula is C20H21F3N4O. The zero-order valence-corrected chi connectivity index (χ0v) is 15.5. The van der Waals surface area contributed by atoms with Crippen LogP contribution in [0.15, 0.2) is 48.8 Å². The van der Waals surface area contributed by atoms with Crippen molar-refractivity contribution in [3.8, 4) is 17.0 Å². The van der Waals surface area contributed by atoms with Crippen LogP contribution in [0.1, 0.15) is 31.1 Å². The molecule has 2 aliphatic heterocycles. The molecule has 0 unspecified atom stereocenters. The quantitative estimate of drug-likeness (QED) is 0.857. The number of benzene rings is 1.